The third-order valence-electron chi connectivity index (χ3n) is 7.41. The van der Waals surface area contributed by atoms with Crippen LogP contribution in [-0.2, 0) is 0 Å². The first-order valence-corrected chi connectivity index (χ1v) is 13.4. The number of rotatable bonds is 7. The SMILES string of the molecule is CN1CC(n2cc(-n3cc(C(=O)O)c(=O)c4cc(Cl)c(N5CCC[C@@H]5COc5ncccc5Cl)cc43)cn2)C1. The molecule has 0 spiro atoms. The maximum Gasteiger partial charge on any atom is 0.341 e. The first kappa shape index (κ1) is 25.7. The third-order valence-corrected chi connectivity index (χ3v) is 8.00. The molecule has 2 fully saturated rings. The molecule has 202 valence electrons. The van der Waals surface area contributed by atoms with E-state index in [1.54, 1.807) is 35.2 Å². The Morgan fingerprint density at radius 1 is 1.21 bits per heavy atom. The number of halogens is 2. The third kappa shape index (κ3) is 4.73. The molecule has 0 bridgehead atoms. The monoisotopic (exact) mass is 568 g/mol. The summed E-state index contributed by atoms with van der Waals surface area (Å²) < 4.78 is 9.53. The van der Waals surface area contributed by atoms with Gasteiger partial charge in [0.1, 0.15) is 17.2 Å². The number of aromatic carboxylic acids is 1. The molecule has 2 saturated heterocycles. The first-order chi connectivity index (χ1) is 18.8. The lowest BCUT2D eigenvalue weighted by molar-refractivity contribution is 0.0695. The van der Waals surface area contributed by atoms with Crippen molar-refractivity contribution >= 4 is 45.8 Å². The zero-order chi connectivity index (χ0) is 27.3. The van der Waals surface area contributed by atoms with Gasteiger partial charge in [-0.05, 0) is 44.2 Å². The second-order valence-electron chi connectivity index (χ2n) is 10.0. The molecule has 2 aliphatic rings. The molecule has 6 rings (SSSR count). The zero-order valence-corrected chi connectivity index (χ0v) is 22.6. The standard InChI is InChI=1S/C27H26Cl2N6O4/c1-32-11-18(12-32)35-13-17(10-31-35)34-14-20(27(37)38)25(36)19-8-22(29)24(9-23(19)34)33-7-3-4-16(33)15-39-26-21(28)5-2-6-30-26/h2,5-6,8-10,13-14,16,18H,3-4,7,11-12,15H2,1H3,(H,37,38)/t16-/m1/s1. The van der Waals surface area contributed by atoms with E-state index in [1.165, 1.54) is 6.20 Å². The number of hydrogen-bond donors (Lipinski definition) is 1. The van der Waals surface area contributed by atoms with Crippen molar-refractivity contribution < 1.29 is 14.6 Å². The van der Waals surface area contributed by atoms with Crippen LogP contribution < -0.4 is 15.1 Å². The number of hydrogen-bond acceptors (Lipinski definition) is 7. The number of carbonyl (C=O) groups is 1. The fraction of sp³-hybridized carbons (Fsp3) is 0.333. The Morgan fingerprint density at radius 3 is 2.77 bits per heavy atom. The van der Waals surface area contributed by atoms with Gasteiger partial charge in [-0.3, -0.25) is 9.48 Å². The van der Waals surface area contributed by atoms with Gasteiger partial charge in [0.25, 0.3) is 0 Å². The van der Waals surface area contributed by atoms with E-state index in [4.69, 9.17) is 27.9 Å². The van der Waals surface area contributed by atoms with Gasteiger partial charge < -0.3 is 24.2 Å². The molecule has 4 aromatic rings. The molecule has 3 aromatic heterocycles. The van der Waals surface area contributed by atoms with Gasteiger partial charge in [0, 0.05) is 43.6 Å². The highest BCUT2D eigenvalue weighted by atomic mass is 35.5. The molecule has 1 atom stereocenters. The van der Waals surface area contributed by atoms with Crippen molar-refractivity contribution in [1.82, 2.24) is 24.2 Å². The van der Waals surface area contributed by atoms with Crippen LogP contribution in [0, 0.1) is 0 Å². The quantitative estimate of drug-likeness (QED) is 0.355. The van der Waals surface area contributed by atoms with Crippen molar-refractivity contribution in [3.8, 4) is 11.6 Å². The number of nitrogens with zero attached hydrogens (tertiary/aromatic N) is 6. The Labute approximate surface area is 233 Å². The number of carboxylic acid groups (broad SMARTS) is 1. The fourth-order valence-corrected chi connectivity index (χ4v) is 5.83. The van der Waals surface area contributed by atoms with Gasteiger partial charge in [0.2, 0.25) is 11.3 Å². The average molecular weight is 569 g/mol. The van der Waals surface area contributed by atoms with Crippen LogP contribution in [0.5, 0.6) is 5.88 Å². The lowest BCUT2D eigenvalue weighted by Crippen LogP contribution is -2.45. The Bertz CT molecular complexity index is 1630. The zero-order valence-electron chi connectivity index (χ0n) is 21.1. The number of pyridine rings is 2. The molecular weight excluding hydrogens is 543 g/mol. The van der Waals surface area contributed by atoms with E-state index in [-0.39, 0.29) is 23.0 Å². The molecule has 12 heteroatoms. The van der Waals surface area contributed by atoms with Crippen LogP contribution in [0.3, 0.4) is 0 Å². The maximum absolute atomic E-state index is 13.2. The average Bonchev–Trinajstić information content (AvgIpc) is 3.56. The highest BCUT2D eigenvalue weighted by molar-refractivity contribution is 6.34. The van der Waals surface area contributed by atoms with Gasteiger partial charge in [-0.2, -0.15) is 5.10 Å². The summed E-state index contributed by atoms with van der Waals surface area (Å²) >= 11 is 13.0. The van der Waals surface area contributed by atoms with Gasteiger partial charge in [0.05, 0.1) is 40.2 Å². The Hall–Kier alpha value is -3.60. The lowest BCUT2D eigenvalue weighted by atomic mass is 10.1. The molecule has 2 aliphatic heterocycles. The van der Waals surface area contributed by atoms with Gasteiger partial charge in [-0.15, -0.1) is 0 Å². The van der Waals surface area contributed by atoms with Gasteiger partial charge in [0.15, 0.2) is 0 Å². The molecule has 0 saturated carbocycles. The predicted molar refractivity (Wildman–Crippen MR) is 149 cm³/mol. The lowest BCUT2D eigenvalue weighted by Gasteiger charge is -2.36. The molecular formula is C27H26Cl2N6O4. The number of ether oxygens (including phenoxy) is 1. The normalized spacial score (nSPS) is 18.0. The largest absolute Gasteiger partial charge is 0.477 e. The molecule has 0 amide bonds. The summed E-state index contributed by atoms with van der Waals surface area (Å²) in [6.45, 7) is 2.88. The Kier molecular flexibility index (Phi) is 6.70. The summed E-state index contributed by atoms with van der Waals surface area (Å²) in [5.74, 6) is -0.922. The van der Waals surface area contributed by atoms with Crippen molar-refractivity contribution in [3.63, 3.8) is 0 Å². The molecule has 0 unspecified atom stereocenters. The van der Waals surface area contributed by atoms with Crippen LogP contribution in [0.2, 0.25) is 10.0 Å². The molecule has 0 aliphatic carbocycles. The van der Waals surface area contributed by atoms with E-state index in [0.29, 0.717) is 33.7 Å². The smallest absolute Gasteiger partial charge is 0.341 e. The maximum atomic E-state index is 13.2. The van der Waals surface area contributed by atoms with Crippen LogP contribution in [0.25, 0.3) is 16.6 Å². The minimum absolute atomic E-state index is 0.00911. The summed E-state index contributed by atoms with van der Waals surface area (Å²) in [7, 11) is 2.04. The fourth-order valence-electron chi connectivity index (χ4n) is 5.38. The van der Waals surface area contributed by atoms with E-state index in [0.717, 1.165) is 38.2 Å². The predicted octanol–water partition coefficient (Wildman–Crippen LogP) is 4.12. The molecule has 1 aromatic carbocycles. The highest BCUT2D eigenvalue weighted by Gasteiger charge is 2.29. The summed E-state index contributed by atoms with van der Waals surface area (Å²) in [4.78, 5) is 33.7. The number of benzene rings is 1. The van der Waals surface area contributed by atoms with Crippen molar-refractivity contribution in [2.24, 2.45) is 0 Å². The number of aromatic nitrogens is 4. The van der Waals surface area contributed by atoms with E-state index < -0.39 is 11.4 Å². The van der Waals surface area contributed by atoms with E-state index in [9.17, 15) is 14.7 Å². The second-order valence-corrected chi connectivity index (χ2v) is 10.8. The minimum atomic E-state index is -1.30. The highest BCUT2D eigenvalue weighted by Crippen LogP contribution is 2.36. The topological polar surface area (TPSA) is 106 Å². The van der Waals surface area contributed by atoms with Crippen LogP contribution >= 0.6 is 23.2 Å². The van der Waals surface area contributed by atoms with Crippen molar-refractivity contribution in [1.29, 1.82) is 0 Å². The Morgan fingerprint density at radius 2 is 2.03 bits per heavy atom. The van der Waals surface area contributed by atoms with Crippen molar-refractivity contribution in [2.75, 3.05) is 38.2 Å². The molecule has 0 radical (unpaired) electrons. The summed E-state index contributed by atoms with van der Waals surface area (Å²) in [5.41, 5.74) is 1.04. The molecule has 10 nitrogen and oxygen atoms in total. The summed E-state index contributed by atoms with van der Waals surface area (Å²) in [6.07, 6.45) is 8.38. The van der Waals surface area contributed by atoms with E-state index in [1.807, 2.05) is 24.0 Å². The number of likely N-dealkylation sites (N-methyl/N-ethyl adjacent to an activating group) is 1. The summed E-state index contributed by atoms with van der Waals surface area (Å²) in [5, 5.41) is 15.3. The van der Waals surface area contributed by atoms with E-state index in [2.05, 4.69) is 19.9 Å². The number of anilines is 1. The molecule has 5 heterocycles. The van der Waals surface area contributed by atoms with Crippen molar-refractivity contribution in [3.05, 3.63) is 74.9 Å². The molecule has 1 N–H and O–H groups in total. The van der Waals surface area contributed by atoms with Crippen LogP contribution in [0.15, 0.2) is 53.8 Å². The van der Waals surface area contributed by atoms with Crippen molar-refractivity contribution in [2.45, 2.75) is 24.9 Å². The van der Waals surface area contributed by atoms with Gasteiger partial charge in [-0.1, -0.05) is 23.2 Å². The van der Waals surface area contributed by atoms with Crippen LogP contribution in [0.4, 0.5) is 5.69 Å². The van der Waals surface area contributed by atoms with E-state index >= 15 is 0 Å². The molecule has 39 heavy (non-hydrogen) atoms. The summed E-state index contributed by atoms with van der Waals surface area (Å²) in [6, 6.07) is 7.15. The number of fused-ring (bicyclic) bond motifs is 1. The van der Waals surface area contributed by atoms with Crippen LogP contribution in [0.1, 0.15) is 29.2 Å². The van der Waals surface area contributed by atoms with Gasteiger partial charge >= 0.3 is 5.97 Å². The number of carboxylic acids is 1. The Balaban J connectivity index is 1.40. The minimum Gasteiger partial charge on any atom is -0.477 e. The second kappa shape index (κ2) is 10.2. The van der Waals surface area contributed by atoms with Crippen LogP contribution in [-0.4, -0.2) is 74.6 Å². The number of likely N-dealkylation sites (tertiary alicyclic amines) is 1. The van der Waals surface area contributed by atoms with Gasteiger partial charge in [-0.25, -0.2) is 9.78 Å². The first-order valence-electron chi connectivity index (χ1n) is 12.7.